The zero-order chi connectivity index (χ0) is 99.2. The third-order valence-electron chi connectivity index (χ3n) is 29.1. The third kappa shape index (κ3) is 24.3. The van der Waals surface area contributed by atoms with Crippen LogP contribution in [0.1, 0.15) is 148 Å². The van der Waals surface area contributed by atoms with Crippen LogP contribution >= 0.6 is 46.4 Å². The van der Waals surface area contributed by atoms with Crippen molar-refractivity contribution in [3.05, 3.63) is 293 Å². The average Bonchev–Trinajstić information content (AvgIpc) is 1.62. The minimum Gasteiger partial charge on any atom is -0.493 e. The first kappa shape index (κ1) is 101. The Morgan fingerprint density at radius 2 is 0.636 bits per heavy atom. The van der Waals surface area contributed by atoms with E-state index in [9.17, 15) is 19.2 Å². The second-order valence-electron chi connectivity index (χ2n) is 39.2. The predicted octanol–water partition coefficient (Wildman–Crippen LogP) is 22.6. The van der Waals surface area contributed by atoms with Gasteiger partial charge in [0.15, 0.2) is 6.61 Å². The van der Waals surface area contributed by atoms with Gasteiger partial charge in [0.25, 0.3) is 0 Å². The van der Waals surface area contributed by atoms with Crippen molar-refractivity contribution in [3.63, 3.8) is 0 Å². The van der Waals surface area contributed by atoms with Gasteiger partial charge in [-0.1, -0.05) is 131 Å². The lowest BCUT2D eigenvalue weighted by Crippen LogP contribution is -2.41. The molecule has 8 unspecified atom stereocenters. The second-order valence-corrected chi connectivity index (χ2v) is 40.9. The molecule has 0 saturated carbocycles. The van der Waals surface area contributed by atoms with Gasteiger partial charge in [0.05, 0.1) is 40.1 Å². The first-order chi connectivity index (χ1) is 69.6. The minimum atomic E-state index is -0.419. The Bertz CT molecular complexity index is 6590. The summed E-state index contributed by atoms with van der Waals surface area (Å²) in [6, 6.07) is 64.5. The molecule has 4 fully saturated rings. The van der Waals surface area contributed by atoms with E-state index in [1.807, 2.05) is 169 Å². The van der Waals surface area contributed by atoms with Crippen molar-refractivity contribution in [2.45, 2.75) is 108 Å². The number of ether oxygens (including phenoxy) is 9. The van der Waals surface area contributed by atoms with Crippen LogP contribution in [0.4, 0.5) is 19.2 Å². The summed E-state index contributed by atoms with van der Waals surface area (Å²) in [5.74, 6) is 8.00. The van der Waals surface area contributed by atoms with Crippen LogP contribution in [-0.4, -0.2) is 251 Å². The monoisotopic (exact) mass is 2010 g/mol. The van der Waals surface area contributed by atoms with Gasteiger partial charge in [-0.25, -0.2) is 19.2 Å². The molecule has 8 aliphatic rings. The Morgan fingerprint density at radius 1 is 0.350 bits per heavy atom. The Balaban J connectivity index is 0.000000126. The Morgan fingerprint density at radius 3 is 0.916 bits per heavy atom. The van der Waals surface area contributed by atoms with E-state index < -0.39 is 6.09 Å². The zero-order valence-electron chi connectivity index (χ0n) is 82.3. The predicted molar refractivity (Wildman–Crippen MR) is 563 cm³/mol. The van der Waals surface area contributed by atoms with Crippen molar-refractivity contribution in [1.82, 2.24) is 59.1 Å². The lowest BCUT2D eigenvalue weighted by atomic mass is 9.92. The van der Waals surface area contributed by atoms with E-state index in [-0.39, 0.29) is 62.3 Å². The molecule has 9 aromatic carbocycles. The fourth-order valence-electron chi connectivity index (χ4n) is 22.1. The van der Waals surface area contributed by atoms with Crippen molar-refractivity contribution >= 4 is 114 Å². The lowest BCUT2D eigenvalue weighted by Gasteiger charge is -2.35. The lowest BCUT2D eigenvalue weighted by molar-refractivity contribution is 0.0629. The van der Waals surface area contributed by atoms with Crippen LogP contribution in [0.15, 0.2) is 200 Å². The molecular weight excluding hydrogens is 1890 g/mol. The first-order valence-corrected chi connectivity index (χ1v) is 51.6. The van der Waals surface area contributed by atoms with Crippen LogP contribution in [-0.2, 0) is 56.0 Å². The molecule has 4 saturated heterocycles. The quantitative estimate of drug-likeness (QED) is 0.0280. The van der Waals surface area contributed by atoms with Gasteiger partial charge in [0.1, 0.15) is 60.4 Å². The Hall–Kier alpha value is -12.1. The normalized spacial score (nSPS) is 20.3. The van der Waals surface area contributed by atoms with Gasteiger partial charge >= 0.3 is 24.4 Å². The van der Waals surface area contributed by atoms with Gasteiger partial charge < -0.3 is 82.2 Å². The largest absolute Gasteiger partial charge is 0.493 e. The molecule has 0 radical (unpaired) electrons. The van der Waals surface area contributed by atoms with E-state index in [4.69, 9.17) is 95.5 Å². The maximum atomic E-state index is 13.4. The molecule has 143 heavy (non-hydrogen) atoms. The standard InChI is InChI=1S/C32H34ClN3O3.C28H34ClN3O4.C28H30ClN3O3.C26H30ClN3O3/c1-35-16-5-8-23(19-35)21-38-26-12-9-24(10-13-26)31-30-27(28-18-25(33)11-14-29(28)34-30)15-17-36(31)32(37)39-20-22-6-3-2-4-7-22;1-31-12-3-4-19(17-31)18-36-22-8-5-20(6-9-22)27-26-23(24-16-21(29)7-10-25(24)30-26)11-13-32(27)28(33)35-15-14-34-2;1-3-15-34-28(33)32-14-12-23-24-16-21(29)8-11-25(24)30-26(23)27(32)20-6-9-22(10-7-20)35-18-19-5-4-13-31(2)17-19;1-29-12-3-4-17(15-29)16-33-20-8-5-18(6-9-20)25-24-21(11-13-30(25)26(31)32-2)22-14-19(27)7-10-23(22)28-24/h2-4,6-7,9-14,18,23,31,34H,5,8,15-17,19-21H2,1H3;5-10,16,19,27,30H,3-4,11-15,17-18H2,1-2H3;1,6-11,16,19,27,30H,4-5,12-15,17-18H2,2H3;5-10,14,17,25,28H,3-4,11-13,15-16H2,1-2H3. The van der Waals surface area contributed by atoms with Crippen molar-refractivity contribution in [1.29, 1.82) is 0 Å². The molecule has 12 heterocycles. The summed E-state index contributed by atoms with van der Waals surface area (Å²) in [5, 5.41) is 7.23. The number of halogens is 4. The summed E-state index contributed by atoms with van der Waals surface area (Å²) in [6.45, 7) is 14.8. The average molecular weight is 2020 g/mol. The van der Waals surface area contributed by atoms with Crippen molar-refractivity contribution in [3.8, 4) is 35.3 Å². The van der Waals surface area contributed by atoms with Gasteiger partial charge in [0, 0.05) is 170 Å². The number of nitrogens with zero attached hydrogens (tertiary/aromatic N) is 8. The maximum absolute atomic E-state index is 13.4. The van der Waals surface area contributed by atoms with Crippen LogP contribution in [0.5, 0.6) is 23.0 Å². The summed E-state index contributed by atoms with van der Waals surface area (Å²) in [5.41, 5.74) is 17.8. The molecule has 0 aliphatic carbocycles. The molecule has 4 amide bonds. The van der Waals surface area contributed by atoms with Crippen LogP contribution < -0.4 is 18.9 Å². The molecule has 29 heteroatoms. The smallest absolute Gasteiger partial charge is 0.411 e. The van der Waals surface area contributed by atoms with Gasteiger partial charge in [-0.05, 0) is 303 Å². The van der Waals surface area contributed by atoms with E-state index in [0.29, 0.717) is 89.6 Å². The van der Waals surface area contributed by atoms with Crippen molar-refractivity contribution in [2.24, 2.45) is 23.7 Å². The number of hydrogen-bond acceptors (Lipinski definition) is 17. The van der Waals surface area contributed by atoms with Crippen LogP contribution in [0, 0.1) is 36.0 Å². The van der Waals surface area contributed by atoms with E-state index in [1.165, 1.54) is 100 Å². The molecule has 8 atom stereocenters. The topological polar surface area (TPSA) is 240 Å². The van der Waals surface area contributed by atoms with Gasteiger partial charge in [-0.15, -0.1) is 6.42 Å². The summed E-state index contributed by atoms with van der Waals surface area (Å²) < 4.78 is 51.3. The number of aromatic nitrogens is 4. The summed E-state index contributed by atoms with van der Waals surface area (Å²) >= 11 is 25.2. The molecule has 8 aliphatic heterocycles. The number of likely N-dealkylation sites (tertiary alicyclic amines) is 4. The third-order valence-corrected chi connectivity index (χ3v) is 30.0. The van der Waals surface area contributed by atoms with Crippen molar-refractivity contribution in [2.75, 3.05) is 167 Å². The molecule has 13 aromatic rings. The highest BCUT2D eigenvalue weighted by atomic mass is 35.5. The molecule has 4 aromatic heterocycles. The molecule has 0 bridgehead atoms. The molecule has 4 N–H and O–H groups in total. The van der Waals surface area contributed by atoms with Gasteiger partial charge in [-0.3, -0.25) is 19.6 Å². The SMILES string of the molecule is C#CCOC(=O)N1CCc2c([nH]c3ccc(Cl)cc23)C1c1ccc(OCC2CCCN(C)C2)cc1.CN1CCCC(COc2ccc(C3c4[nH]c5ccc(Cl)cc5c4CCN3C(=O)OCc3ccccc3)cc2)C1.COC(=O)N1CCc2c([nH]c3ccc(Cl)cc23)C1c1ccc(OCC2CCCN(C)C2)cc1.COCCOC(=O)N1CCc2c([nH]c3ccc(Cl)cc23)C1c1ccc(OCC2CCCN(C)C2)cc1. The van der Waals surface area contributed by atoms with E-state index in [2.05, 4.69) is 110 Å². The molecular formula is C114H128Cl4N12O13. The fraction of sp³-hybridized carbons (Fsp3) is 0.404. The summed E-state index contributed by atoms with van der Waals surface area (Å²) in [6.07, 6.45) is 16.5. The number of nitrogens with one attached hydrogen (secondary N) is 4. The number of benzene rings is 9. The summed E-state index contributed by atoms with van der Waals surface area (Å²) in [7, 11) is 11.7. The minimum absolute atomic E-state index is 0.0552. The van der Waals surface area contributed by atoms with Crippen LogP contribution in [0.25, 0.3) is 43.6 Å². The number of H-pyrrole nitrogens is 4. The number of terminal acetylenes is 1. The van der Waals surface area contributed by atoms with Gasteiger partial charge in [0.2, 0.25) is 0 Å². The number of fused-ring (bicyclic) bond motifs is 12. The fourth-order valence-corrected chi connectivity index (χ4v) is 22.8. The highest BCUT2D eigenvalue weighted by molar-refractivity contribution is 6.32. The highest BCUT2D eigenvalue weighted by Crippen LogP contribution is 2.46. The van der Waals surface area contributed by atoms with Crippen LogP contribution in [0.3, 0.4) is 0 Å². The van der Waals surface area contributed by atoms with Crippen LogP contribution in [0.2, 0.25) is 20.1 Å². The highest BCUT2D eigenvalue weighted by Gasteiger charge is 2.42. The number of hydrogen-bond donors (Lipinski definition) is 4. The van der Waals surface area contributed by atoms with Gasteiger partial charge in [-0.2, -0.15) is 0 Å². The number of piperidine rings is 4. The van der Waals surface area contributed by atoms with Crippen molar-refractivity contribution < 1.29 is 61.8 Å². The zero-order valence-corrected chi connectivity index (χ0v) is 85.3. The molecule has 21 rings (SSSR count). The first-order valence-electron chi connectivity index (χ1n) is 50.1. The molecule has 25 nitrogen and oxygen atoms in total. The number of amides is 4. The Labute approximate surface area is 856 Å². The molecule has 0 spiro atoms. The molecule has 750 valence electrons. The maximum Gasteiger partial charge on any atom is 0.411 e. The van der Waals surface area contributed by atoms with E-state index >= 15 is 0 Å². The number of methoxy groups -OCH3 is 2. The second kappa shape index (κ2) is 47.2. The summed E-state index contributed by atoms with van der Waals surface area (Å²) in [4.78, 5) is 83.0. The Kier molecular flexibility index (Phi) is 33.3. The number of rotatable bonds is 22. The van der Waals surface area contributed by atoms with E-state index in [1.54, 1.807) is 21.8 Å². The number of aromatic amines is 4. The number of carbonyl (C=O) groups excluding carboxylic acids is 4. The number of carbonyl (C=O) groups is 4. The van der Waals surface area contributed by atoms with E-state index in [0.717, 1.165) is 189 Å².